The second kappa shape index (κ2) is 10.00. The molecule has 1 aromatic heterocycles. The lowest BCUT2D eigenvalue weighted by molar-refractivity contribution is 1.09. The Morgan fingerprint density at radius 2 is 1.52 bits per heavy atom. The quantitative estimate of drug-likeness (QED) is 0.196. The molecule has 0 atom stereocenters. The predicted octanol–water partition coefficient (Wildman–Crippen LogP) is 9.35. The van der Waals surface area contributed by atoms with E-state index in [-0.39, 0.29) is 0 Å². The average molecular weight is 555 g/mol. The van der Waals surface area contributed by atoms with Crippen LogP contribution < -0.4 is 10.4 Å². The van der Waals surface area contributed by atoms with Gasteiger partial charge in [0.2, 0.25) is 0 Å². The Kier molecular flexibility index (Phi) is 5.97. The highest BCUT2D eigenvalue weighted by Gasteiger charge is 2.25. The SMILES string of the molecule is CC/C(C)=C(\C1=Cc2sc3ccccc3c2C1)c1ccccc1C(=C1C=C1)c1ccc(C2=C=c3ccccc3=C2)cc1. The zero-order valence-corrected chi connectivity index (χ0v) is 24.7. The lowest BCUT2D eigenvalue weighted by atomic mass is 9.84. The summed E-state index contributed by atoms with van der Waals surface area (Å²) in [4.78, 5) is 1.42. The molecule has 0 bridgehead atoms. The number of benzene rings is 4. The van der Waals surface area contributed by atoms with Crippen molar-refractivity contribution in [1.82, 2.24) is 0 Å². The van der Waals surface area contributed by atoms with Gasteiger partial charge in [0, 0.05) is 26.8 Å². The van der Waals surface area contributed by atoms with Crippen molar-refractivity contribution >= 4 is 56.0 Å². The molecule has 0 nitrogen and oxygen atoms in total. The van der Waals surface area contributed by atoms with Gasteiger partial charge in [-0.15, -0.1) is 17.1 Å². The van der Waals surface area contributed by atoms with Gasteiger partial charge in [-0.1, -0.05) is 110 Å². The predicted molar refractivity (Wildman–Crippen MR) is 181 cm³/mol. The Balaban J connectivity index is 1.21. The van der Waals surface area contributed by atoms with Crippen molar-refractivity contribution in [1.29, 1.82) is 0 Å². The Hall–Kier alpha value is -4.68. The summed E-state index contributed by atoms with van der Waals surface area (Å²) in [5, 5.41) is 3.82. The number of thiophene rings is 1. The third kappa shape index (κ3) is 4.22. The summed E-state index contributed by atoms with van der Waals surface area (Å²) in [5.74, 6) is 0. The molecule has 0 fully saturated rings. The first kappa shape index (κ1) is 25.1. The third-order valence-electron chi connectivity index (χ3n) is 8.78. The van der Waals surface area contributed by atoms with Crippen molar-refractivity contribution in [3.8, 4) is 0 Å². The molecule has 0 spiro atoms. The van der Waals surface area contributed by atoms with Gasteiger partial charge in [-0.3, -0.25) is 0 Å². The fourth-order valence-corrected chi connectivity index (χ4v) is 7.67. The van der Waals surface area contributed by atoms with Crippen LogP contribution in [-0.2, 0) is 6.42 Å². The van der Waals surface area contributed by atoms with Crippen LogP contribution >= 0.6 is 11.3 Å². The molecule has 42 heavy (non-hydrogen) atoms. The molecule has 0 saturated carbocycles. The Morgan fingerprint density at radius 1 is 0.786 bits per heavy atom. The monoisotopic (exact) mass is 554 g/mol. The maximum Gasteiger partial charge on any atom is 0.0352 e. The summed E-state index contributed by atoms with van der Waals surface area (Å²) >= 11 is 1.92. The molecule has 0 amide bonds. The van der Waals surface area contributed by atoms with Crippen molar-refractivity contribution in [3.63, 3.8) is 0 Å². The molecule has 4 aromatic carbocycles. The molecular formula is C41H30S. The molecule has 0 N–H and O–H groups in total. The van der Waals surface area contributed by atoms with E-state index in [1.165, 1.54) is 81.1 Å². The summed E-state index contributed by atoms with van der Waals surface area (Å²) in [6.07, 6.45) is 11.2. The number of hydrogen-bond acceptors (Lipinski definition) is 1. The summed E-state index contributed by atoms with van der Waals surface area (Å²) in [6.45, 7) is 4.60. The minimum atomic E-state index is 0.990. The average Bonchev–Trinajstić information content (AvgIpc) is 3.47. The van der Waals surface area contributed by atoms with Crippen LogP contribution in [0.2, 0.25) is 0 Å². The van der Waals surface area contributed by atoms with E-state index in [4.69, 9.17) is 0 Å². The molecule has 3 aliphatic carbocycles. The number of hydrogen-bond donors (Lipinski definition) is 0. The normalized spacial score (nSPS) is 15.0. The lowest BCUT2D eigenvalue weighted by Crippen LogP contribution is -2.19. The van der Waals surface area contributed by atoms with E-state index in [9.17, 15) is 0 Å². The highest BCUT2D eigenvalue weighted by Crippen LogP contribution is 2.46. The minimum Gasteiger partial charge on any atom is -0.136 e. The van der Waals surface area contributed by atoms with Crippen LogP contribution in [0, 0.1) is 0 Å². The molecule has 200 valence electrons. The first-order chi connectivity index (χ1) is 20.7. The molecular weight excluding hydrogens is 525 g/mol. The lowest BCUT2D eigenvalue weighted by Gasteiger charge is -2.20. The molecule has 5 aromatic rings. The Bertz CT molecular complexity index is 2210. The summed E-state index contributed by atoms with van der Waals surface area (Å²) < 4.78 is 1.39. The summed E-state index contributed by atoms with van der Waals surface area (Å²) in [7, 11) is 0. The number of allylic oxidation sites excluding steroid dienone is 7. The van der Waals surface area contributed by atoms with E-state index in [2.05, 4.69) is 141 Å². The van der Waals surface area contributed by atoms with Crippen LogP contribution in [0.1, 0.15) is 53.0 Å². The third-order valence-corrected chi connectivity index (χ3v) is 9.94. The molecule has 0 unspecified atom stereocenters. The van der Waals surface area contributed by atoms with Gasteiger partial charge in [0.15, 0.2) is 0 Å². The Morgan fingerprint density at radius 3 is 2.31 bits per heavy atom. The fraction of sp³-hybridized carbons (Fsp3) is 0.0976. The van der Waals surface area contributed by atoms with Gasteiger partial charge in [-0.25, -0.2) is 0 Å². The summed E-state index contributed by atoms with van der Waals surface area (Å²) in [6, 6.07) is 35.4. The van der Waals surface area contributed by atoms with Crippen LogP contribution in [-0.4, -0.2) is 0 Å². The maximum atomic E-state index is 3.58. The van der Waals surface area contributed by atoms with E-state index < -0.39 is 0 Å². The topological polar surface area (TPSA) is 0 Å². The smallest absolute Gasteiger partial charge is 0.0352 e. The van der Waals surface area contributed by atoms with Gasteiger partial charge in [-0.2, -0.15) is 0 Å². The van der Waals surface area contributed by atoms with Gasteiger partial charge >= 0.3 is 0 Å². The van der Waals surface area contributed by atoms with Gasteiger partial charge in [0.25, 0.3) is 0 Å². The van der Waals surface area contributed by atoms with Crippen molar-refractivity contribution < 1.29 is 0 Å². The molecule has 0 saturated heterocycles. The van der Waals surface area contributed by atoms with Gasteiger partial charge in [-0.05, 0) is 98.3 Å². The molecule has 3 aliphatic rings. The first-order valence-electron chi connectivity index (χ1n) is 14.8. The van der Waals surface area contributed by atoms with E-state index in [1.54, 1.807) is 0 Å². The maximum absolute atomic E-state index is 3.58. The van der Waals surface area contributed by atoms with Crippen LogP contribution in [0.5, 0.6) is 0 Å². The zero-order valence-electron chi connectivity index (χ0n) is 23.9. The van der Waals surface area contributed by atoms with E-state index >= 15 is 0 Å². The zero-order chi connectivity index (χ0) is 28.2. The van der Waals surface area contributed by atoms with Crippen LogP contribution in [0.4, 0.5) is 0 Å². The van der Waals surface area contributed by atoms with Gasteiger partial charge < -0.3 is 0 Å². The molecule has 1 heterocycles. The Labute approximate surface area is 251 Å². The largest absolute Gasteiger partial charge is 0.136 e. The van der Waals surface area contributed by atoms with Crippen LogP contribution in [0.3, 0.4) is 0 Å². The second-order valence-electron chi connectivity index (χ2n) is 11.4. The van der Waals surface area contributed by atoms with Gasteiger partial charge in [0.1, 0.15) is 0 Å². The molecule has 0 radical (unpaired) electrons. The number of rotatable bonds is 6. The van der Waals surface area contributed by atoms with Crippen molar-refractivity contribution in [3.05, 3.63) is 169 Å². The highest BCUT2D eigenvalue weighted by molar-refractivity contribution is 7.20. The highest BCUT2D eigenvalue weighted by atomic mass is 32.1. The fourth-order valence-electron chi connectivity index (χ4n) is 6.48. The second-order valence-corrected chi connectivity index (χ2v) is 12.4. The summed E-state index contributed by atoms with van der Waals surface area (Å²) in [5.41, 5.74) is 18.2. The van der Waals surface area contributed by atoms with E-state index in [0.29, 0.717) is 0 Å². The van der Waals surface area contributed by atoms with Crippen LogP contribution in [0.25, 0.3) is 44.7 Å². The van der Waals surface area contributed by atoms with Crippen molar-refractivity contribution in [2.45, 2.75) is 26.7 Å². The van der Waals surface area contributed by atoms with Crippen LogP contribution in [0.15, 0.2) is 126 Å². The standard InChI is InChI=1S/C41H30S/c1-3-26(2)40(33-24-37-34-12-8-9-15-38(34)42-39(37)25-33)35-13-6-7-14-36(35)41(29-20-21-29)28-18-16-27(17-19-28)32-22-30-10-4-5-11-31(30)23-32/h4-22,25H,3,24H2,1-2H3/b40-26+. The van der Waals surface area contributed by atoms with Gasteiger partial charge in [0.05, 0.1) is 0 Å². The molecule has 8 rings (SSSR count). The number of fused-ring (bicyclic) bond motifs is 4. The van der Waals surface area contributed by atoms with E-state index in [1.807, 2.05) is 11.3 Å². The first-order valence-corrected chi connectivity index (χ1v) is 15.6. The van der Waals surface area contributed by atoms with Crippen molar-refractivity contribution in [2.24, 2.45) is 0 Å². The minimum absolute atomic E-state index is 0.990. The molecule has 0 aliphatic heterocycles. The molecule has 1 heteroatoms. The van der Waals surface area contributed by atoms with Crippen molar-refractivity contribution in [2.75, 3.05) is 0 Å². The van der Waals surface area contributed by atoms with E-state index in [0.717, 1.165) is 18.4 Å².